The lowest BCUT2D eigenvalue weighted by molar-refractivity contribution is -0.177. The highest BCUT2D eigenvalue weighted by Gasteiger charge is 2.42. The molecule has 0 aromatic rings. The Balaban J connectivity index is 2.04. The zero-order valence-electron chi connectivity index (χ0n) is 8.56. The van der Waals surface area contributed by atoms with Crippen LogP contribution < -0.4 is 5.32 Å². The molecule has 1 N–H and O–H groups in total. The summed E-state index contributed by atoms with van der Waals surface area (Å²) in [6.45, 7) is 7.94. The topological polar surface area (TPSA) is 30.5 Å². The van der Waals surface area contributed by atoms with Gasteiger partial charge in [-0.15, -0.1) is 0 Å². The first-order valence-corrected chi connectivity index (χ1v) is 5.11. The van der Waals surface area contributed by atoms with Crippen LogP contribution in [0.25, 0.3) is 0 Å². The van der Waals surface area contributed by atoms with Crippen LogP contribution in [0.2, 0.25) is 0 Å². The van der Waals surface area contributed by atoms with Crippen LogP contribution in [0.15, 0.2) is 0 Å². The molecular weight excluding hydrogens is 166 g/mol. The molecular formula is C10H19NO2. The summed E-state index contributed by atoms with van der Waals surface area (Å²) < 4.78 is 11.6. The first-order chi connectivity index (χ1) is 6.12. The van der Waals surface area contributed by atoms with Crippen molar-refractivity contribution in [3.05, 3.63) is 0 Å². The first-order valence-electron chi connectivity index (χ1n) is 5.11. The summed E-state index contributed by atoms with van der Waals surface area (Å²) in [5.74, 6) is 0. The molecule has 0 aromatic carbocycles. The zero-order valence-corrected chi connectivity index (χ0v) is 8.56. The Hall–Kier alpha value is -0.120. The van der Waals surface area contributed by atoms with E-state index in [9.17, 15) is 0 Å². The standard InChI is InChI=1S/C10H19NO2/c1-9(2)7-10(3-5-12-9)8-11-4-6-13-10/h11H,3-8H2,1-2H3/t10-/m0/s1. The molecule has 0 unspecified atom stereocenters. The van der Waals surface area contributed by atoms with Gasteiger partial charge in [0, 0.05) is 25.9 Å². The maximum atomic E-state index is 5.90. The van der Waals surface area contributed by atoms with Crippen molar-refractivity contribution < 1.29 is 9.47 Å². The molecule has 2 aliphatic rings. The molecule has 0 amide bonds. The molecule has 3 heteroatoms. The molecule has 0 saturated carbocycles. The molecule has 1 spiro atoms. The maximum absolute atomic E-state index is 5.90. The molecule has 2 rings (SSSR count). The third-order valence-electron chi connectivity index (χ3n) is 2.93. The van der Waals surface area contributed by atoms with Crippen molar-refractivity contribution in [2.45, 2.75) is 37.9 Å². The van der Waals surface area contributed by atoms with Gasteiger partial charge < -0.3 is 14.8 Å². The number of nitrogens with one attached hydrogen (secondary N) is 1. The molecule has 2 fully saturated rings. The van der Waals surface area contributed by atoms with E-state index in [4.69, 9.17) is 9.47 Å². The molecule has 0 radical (unpaired) electrons. The zero-order chi connectivity index (χ0) is 9.36. The van der Waals surface area contributed by atoms with Gasteiger partial charge in [-0.05, 0) is 13.8 Å². The maximum Gasteiger partial charge on any atom is 0.0856 e. The third-order valence-corrected chi connectivity index (χ3v) is 2.93. The summed E-state index contributed by atoms with van der Waals surface area (Å²) in [6, 6.07) is 0. The molecule has 0 aromatic heterocycles. The second-order valence-corrected chi connectivity index (χ2v) is 4.74. The molecule has 2 heterocycles. The van der Waals surface area contributed by atoms with E-state index in [2.05, 4.69) is 19.2 Å². The minimum absolute atomic E-state index is 0.0166. The smallest absolute Gasteiger partial charge is 0.0856 e. The Morgan fingerprint density at radius 2 is 2.00 bits per heavy atom. The fourth-order valence-corrected chi connectivity index (χ4v) is 2.41. The SMILES string of the molecule is CC1(C)C[C@@]2(CCO1)CNCCO2. The molecule has 2 aliphatic heterocycles. The fraction of sp³-hybridized carbons (Fsp3) is 1.00. The summed E-state index contributed by atoms with van der Waals surface area (Å²) in [7, 11) is 0. The molecule has 3 nitrogen and oxygen atoms in total. The summed E-state index contributed by atoms with van der Waals surface area (Å²) in [4.78, 5) is 0. The van der Waals surface area contributed by atoms with Gasteiger partial charge in [-0.1, -0.05) is 0 Å². The van der Waals surface area contributed by atoms with E-state index in [1.807, 2.05) is 0 Å². The van der Waals surface area contributed by atoms with Crippen LogP contribution in [0.5, 0.6) is 0 Å². The number of hydrogen-bond donors (Lipinski definition) is 1. The highest BCUT2D eigenvalue weighted by Crippen LogP contribution is 2.35. The Morgan fingerprint density at radius 3 is 2.62 bits per heavy atom. The van der Waals surface area contributed by atoms with E-state index in [-0.39, 0.29) is 11.2 Å². The highest BCUT2D eigenvalue weighted by atomic mass is 16.5. The Morgan fingerprint density at radius 1 is 1.15 bits per heavy atom. The van der Waals surface area contributed by atoms with Crippen LogP contribution in [0.4, 0.5) is 0 Å². The summed E-state index contributed by atoms with van der Waals surface area (Å²) in [5.41, 5.74) is 0.0390. The summed E-state index contributed by atoms with van der Waals surface area (Å²) in [5, 5.41) is 3.40. The molecule has 0 bridgehead atoms. The van der Waals surface area contributed by atoms with Gasteiger partial charge in [0.15, 0.2) is 0 Å². The Bertz CT molecular complexity index is 180. The predicted molar refractivity (Wildman–Crippen MR) is 50.8 cm³/mol. The quantitative estimate of drug-likeness (QED) is 0.609. The van der Waals surface area contributed by atoms with Crippen molar-refractivity contribution in [3.63, 3.8) is 0 Å². The average molecular weight is 185 g/mol. The van der Waals surface area contributed by atoms with Gasteiger partial charge in [0.2, 0.25) is 0 Å². The van der Waals surface area contributed by atoms with Gasteiger partial charge in [-0.25, -0.2) is 0 Å². The lowest BCUT2D eigenvalue weighted by atomic mass is 9.83. The van der Waals surface area contributed by atoms with Gasteiger partial charge in [-0.3, -0.25) is 0 Å². The van der Waals surface area contributed by atoms with Crippen LogP contribution in [-0.4, -0.2) is 37.5 Å². The minimum atomic E-state index is -0.0166. The normalized spacial score (nSPS) is 39.2. The van der Waals surface area contributed by atoms with Gasteiger partial charge in [-0.2, -0.15) is 0 Å². The van der Waals surface area contributed by atoms with Gasteiger partial charge in [0.1, 0.15) is 0 Å². The fourth-order valence-electron chi connectivity index (χ4n) is 2.41. The van der Waals surface area contributed by atoms with Crippen molar-refractivity contribution in [2.24, 2.45) is 0 Å². The van der Waals surface area contributed by atoms with Crippen molar-refractivity contribution in [1.29, 1.82) is 0 Å². The number of morpholine rings is 1. The first kappa shape index (κ1) is 9.44. The summed E-state index contributed by atoms with van der Waals surface area (Å²) in [6.07, 6.45) is 2.04. The van der Waals surface area contributed by atoms with Crippen LogP contribution in [0.3, 0.4) is 0 Å². The van der Waals surface area contributed by atoms with E-state index in [1.165, 1.54) is 0 Å². The van der Waals surface area contributed by atoms with Crippen LogP contribution in [-0.2, 0) is 9.47 Å². The lowest BCUT2D eigenvalue weighted by Crippen LogP contribution is -2.56. The predicted octanol–water partition coefficient (Wildman–Crippen LogP) is 0.934. The third kappa shape index (κ3) is 2.03. The highest BCUT2D eigenvalue weighted by molar-refractivity contribution is 4.95. The molecule has 76 valence electrons. The monoisotopic (exact) mass is 185 g/mol. The average Bonchev–Trinajstić information content (AvgIpc) is 2.03. The van der Waals surface area contributed by atoms with Crippen molar-refractivity contribution in [1.82, 2.24) is 5.32 Å². The van der Waals surface area contributed by atoms with Crippen LogP contribution in [0.1, 0.15) is 26.7 Å². The van der Waals surface area contributed by atoms with Crippen molar-refractivity contribution in [2.75, 3.05) is 26.3 Å². The molecule has 1 atom stereocenters. The van der Waals surface area contributed by atoms with Crippen LogP contribution >= 0.6 is 0 Å². The van der Waals surface area contributed by atoms with E-state index < -0.39 is 0 Å². The Kier molecular flexibility index (Phi) is 2.34. The van der Waals surface area contributed by atoms with Gasteiger partial charge in [0.25, 0.3) is 0 Å². The van der Waals surface area contributed by atoms with Gasteiger partial charge in [0.05, 0.1) is 24.4 Å². The lowest BCUT2D eigenvalue weighted by Gasteiger charge is -2.46. The second kappa shape index (κ2) is 3.23. The molecule has 13 heavy (non-hydrogen) atoms. The van der Waals surface area contributed by atoms with Crippen LogP contribution in [0, 0.1) is 0 Å². The Labute approximate surface area is 79.8 Å². The minimum Gasteiger partial charge on any atom is -0.375 e. The second-order valence-electron chi connectivity index (χ2n) is 4.74. The molecule has 2 saturated heterocycles. The number of rotatable bonds is 0. The van der Waals surface area contributed by atoms with E-state index in [1.54, 1.807) is 0 Å². The summed E-state index contributed by atoms with van der Waals surface area (Å²) >= 11 is 0. The molecule has 0 aliphatic carbocycles. The van der Waals surface area contributed by atoms with E-state index in [0.29, 0.717) is 0 Å². The largest absolute Gasteiger partial charge is 0.375 e. The van der Waals surface area contributed by atoms with E-state index in [0.717, 1.165) is 39.1 Å². The van der Waals surface area contributed by atoms with Gasteiger partial charge >= 0.3 is 0 Å². The van der Waals surface area contributed by atoms with E-state index >= 15 is 0 Å². The van der Waals surface area contributed by atoms with Crippen molar-refractivity contribution >= 4 is 0 Å². The number of ether oxygens (including phenoxy) is 2. The number of hydrogen-bond acceptors (Lipinski definition) is 3. The van der Waals surface area contributed by atoms with Crippen molar-refractivity contribution in [3.8, 4) is 0 Å².